The quantitative estimate of drug-likeness (QED) is 0.768. The molecule has 0 unspecified atom stereocenters. The molecule has 0 spiro atoms. The van der Waals surface area contributed by atoms with Crippen molar-refractivity contribution < 1.29 is 13.2 Å². The molecule has 2 aliphatic rings. The molecular weight excluding hydrogens is 386 g/mol. The summed E-state index contributed by atoms with van der Waals surface area (Å²) in [6.07, 6.45) is 3.52. The molecule has 1 aromatic rings. The zero-order chi connectivity index (χ0) is 21.0. The molecule has 29 heavy (non-hydrogen) atoms. The molecule has 0 aliphatic carbocycles. The van der Waals surface area contributed by atoms with E-state index in [0.29, 0.717) is 38.0 Å². The molecule has 0 aromatic heterocycles. The number of hydrogen-bond acceptors (Lipinski definition) is 3. The van der Waals surface area contributed by atoms with Gasteiger partial charge in [-0.15, -0.1) is 0 Å². The summed E-state index contributed by atoms with van der Waals surface area (Å²) in [5, 5.41) is 3.00. The van der Waals surface area contributed by atoms with Crippen molar-refractivity contribution in [2.24, 2.45) is 17.8 Å². The normalized spacial score (nSPS) is 26.9. The van der Waals surface area contributed by atoms with E-state index in [1.165, 1.54) is 9.87 Å². The van der Waals surface area contributed by atoms with Crippen LogP contribution in [0.2, 0.25) is 0 Å². The van der Waals surface area contributed by atoms with E-state index in [-0.39, 0.29) is 18.4 Å². The van der Waals surface area contributed by atoms with Gasteiger partial charge < -0.3 is 5.32 Å². The van der Waals surface area contributed by atoms with Gasteiger partial charge in [-0.3, -0.25) is 4.79 Å². The Hall–Kier alpha value is -1.44. The monoisotopic (exact) mass is 421 g/mol. The van der Waals surface area contributed by atoms with Crippen LogP contribution in [0.15, 0.2) is 24.3 Å². The van der Waals surface area contributed by atoms with Crippen molar-refractivity contribution in [1.29, 1.82) is 0 Å². The fourth-order valence-electron chi connectivity index (χ4n) is 4.55. The summed E-state index contributed by atoms with van der Waals surface area (Å²) >= 11 is 0. The fourth-order valence-corrected chi connectivity index (χ4v) is 6.49. The number of nitrogens with zero attached hydrogens (tertiary/aromatic N) is 2. The second-order valence-corrected chi connectivity index (χ2v) is 10.8. The van der Waals surface area contributed by atoms with Crippen LogP contribution in [0, 0.1) is 17.8 Å². The molecular formula is C22H35N3O3S. The van der Waals surface area contributed by atoms with E-state index < -0.39 is 10.2 Å². The van der Waals surface area contributed by atoms with Crippen molar-refractivity contribution >= 4 is 16.1 Å². The Kier molecular flexibility index (Phi) is 7.35. The van der Waals surface area contributed by atoms with Crippen LogP contribution in [0.5, 0.6) is 0 Å². The van der Waals surface area contributed by atoms with E-state index >= 15 is 0 Å². The molecule has 3 atom stereocenters. The molecule has 2 fully saturated rings. The summed E-state index contributed by atoms with van der Waals surface area (Å²) in [5.41, 5.74) is 2.33. The van der Waals surface area contributed by atoms with Gasteiger partial charge in [-0.25, -0.2) is 0 Å². The van der Waals surface area contributed by atoms with Gasteiger partial charge in [0.1, 0.15) is 0 Å². The summed E-state index contributed by atoms with van der Waals surface area (Å²) in [5.74, 6) is 0.408. The number of piperidine rings is 2. The van der Waals surface area contributed by atoms with E-state index in [4.69, 9.17) is 0 Å². The molecule has 2 saturated heterocycles. The van der Waals surface area contributed by atoms with Crippen LogP contribution < -0.4 is 5.32 Å². The summed E-state index contributed by atoms with van der Waals surface area (Å²) in [6.45, 7) is 8.75. The highest BCUT2D eigenvalue weighted by Crippen LogP contribution is 2.27. The Bertz CT molecular complexity index is 784. The molecule has 2 aliphatic heterocycles. The summed E-state index contributed by atoms with van der Waals surface area (Å²) < 4.78 is 29.5. The van der Waals surface area contributed by atoms with Crippen LogP contribution in [-0.2, 0) is 28.0 Å². The number of carbonyl (C=O) groups excluding carboxylic acids is 1. The summed E-state index contributed by atoms with van der Waals surface area (Å²) in [4.78, 5) is 12.7. The van der Waals surface area contributed by atoms with Crippen LogP contribution in [0.1, 0.15) is 51.2 Å². The molecule has 7 heteroatoms. The minimum Gasteiger partial charge on any atom is -0.352 e. The Morgan fingerprint density at radius 2 is 1.66 bits per heavy atom. The standard InChI is InChI=1S/C22H35N3O3S/c1-4-19-7-9-20(10-8-19)13-23-22(26)21-6-5-11-24(16-21)29(27,28)25-14-17(2)12-18(3)15-25/h7-10,17-18,21H,4-6,11-16H2,1-3H3,(H,23,26)/t17-,18+,21-/m0/s1. The molecule has 3 rings (SSSR count). The predicted molar refractivity (Wildman–Crippen MR) is 115 cm³/mol. The highest BCUT2D eigenvalue weighted by molar-refractivity contribution is 7.86. The Morgan fingerprint density at radius 1 is 1.03 bits per heavy atom. The second-order valence-electron chi connectivity index (χ2n) is 8.86. The number of rotatable bonds is 6. The van der Waals surface area contributed by atoms with Gasteiger partial charge in [0.05, 0.1) is 5.92 Å². The van der Waals surface area contributed by atoms with Gasteiger partial charge in [-0.05, 0) is 48.6 Å². The van der Waals surface area contributed by atoms with Crippen LogP contribution in [-0.4, -0.2) is 49.1 Å². The Balaban J connectivity index is 1.58. The number of aryl methyl sites for hydroxylation is 1. The van der Waals surface area contributed by atoms with E-state index in [1.807, 2.05) is 12.1 Å². The fraction of sp³-hybridized carbons (Fsp3) is 0.682. The number of carbonyl (C=O) groups is 1. The molecule has 1 N–H and O–H groups in total. The first-order valence-electron chi connectivity index (χ1n) is 10.9. The predicted octanol–water partition coefficient (Wildman–Crippen LogP) is 2.80. The van der Waals surface area contributed by atoms with Crippen LogP contribution in [0.4, 0.5) is 0 Å². The minimum atomic E-state index is -3.51. The van der Waals surface area contributed by atoms with E-state index in [0.717, 1.165) is 31.2 Å². The molecule has 0 radical (unpaired) electrons. The second kappa shape index (κ2) is 9.58. The van der Waals surface area contributed by atoms with Gasteiger partial charge in [0.2, 0.25) is 5.91 Å². The molecule has 0 saturated carbocycles. The third-order valence-electron chi connectivity index (χ3n) is 6.14. The van der Waals surface area contributed by atoms with Gasteiger partial charge in [-0.1, -0.05) is 45.0 Å². The Labute approximate surface area is 175 Å². The van der Waals surface area contributed by atoms with Crippen molar-refractivity contribution in [2.75, 3.05) is 26.2 Å². The zero-order valence-electron chi connectivity index (χ0n) is 17.9. The lowest BCUT2D eigenvalue weighted by Crippen LogP contribution is -2.53. The average Bonchev–Trinajstić information content (AvgIpc) is 2.71. The highest BCUT2D eigenvalue weighted by Gasteiger charge is 2.38. The molecule has 162 valence electrons. The number of amides is 1. The first kappa shape index (κ1) is 22.2. The van der Waals surface area contributed by atoms with E-state index in [9.17, 15) is 13.2 Å². The number of benzene rings is 1. The average molecular weight is 422 g/mol. The summed E-state index contributed by atoms with van der Waals surface area (Å²) in [7, 11) is -3.51. The molecule has 0 bridgehead atoms. The van der Waals surface area contributed by atoms with Crippen molar-refractivity contribution in [3.63, 3.8) is 0 Å². The number of hydrogen-bond donors (Lipinski definition) is 1. The molecule has 2 heterocycles. The zero-order valence-corrected chi connectivity index (χ0v) is 18.7. The molecule has 6 nitrogen and oxygen atoms in total. The van der Waals surface area contributed by atoms with Crippen molar-refractivity contribution in [3.8, 4) is 0 Å². The maximum atomic E-state index is 13.2. The van der Waals surface area contributed by atoms with Crippen LogP contribution in [0.25, 0.3) is 0 Å². The van der Waals surface area contributed by atoms with Crippen molar-refractivity contribution in [3.05, 3.63) is 35.4 Å². The third-order valence-corrected chi connectivity index (χ3v) is 8.08. The van der Waals surface area contributed by atoms with Gasteiger partial charge in [0.15, 0.2) is 0 Å². The van der Waals surface area contributed by atoms with E-state index in [1.54, 1.807) is 4.31 Å². The third kappa shape index (κ3) is 5.58. The number of nitrogens with one attached hydrogen (secondary N) is 1. The van der Waals surface area contributed by atoms with Gasteiger partial charge in [-0.2, -0.15) is 17.0 Å². The Morgan fingerprint density at radius 3 is 2.28 bits per heavy atom. The first-order valence-corrected chi connectivity index (χ1v) is 12.3. The first-order chi connectivity index (χ1) is 13.8. The van der Waals surface area contributed by atoms with Crippen molar-refractivity contribution in [2.45, 2.75) is 53.0 Å². The summed E-state index contributed by atoms with van der Waals surface area (Å²) in [6, 6.07) is 8.24. The lowest BCUT2D eigenvalue weighted by molar-refractivity contribution is -0.126. The molecule has 1 aromatic carbocycles. The minimum absolute atomic E-state index is 0.0511. The maximum absolute atomic E-state index is 13.2. The SMILES string of the molecule is CCc1ccc(CNC(=O)[C@H]2CCCN(S(=O)(=O)N3C[C@H](C)C[C@H](C)C3)C2)cc1. The lowest BCUT2D eigenvalue weighted by atomic mass is 9.94. The van der Waals surface area contributed by atoms with Gasteiger partial charge in [0.25, 0.3) is 10.2 Å². The molecule has 1 amide bonds. The van der Waals surface area contributed by atoms with Gasteiger partial charge in [0, 0.05) is 32.7 Å². The van der Waals surface area contributed by atoms with Crippen molar-refractivity contribution in [1.82, 2.24) is 13.9 Å². The topological polar surface area (TPSA) is 69.7 Å². The van der Waals surface area contributed by atoms with Crippen LogP contribution >= 0.6 is 0 Å². The van der Waals surface area contributed by atoms with E-state index in [2.05, 4.69) is 38.2 Å². The lowest BCUT2D eigenvalue weighted by Gasteiger charge is -2.39. The van der Waals surface area contributed by atoms with Crippen LogP contribution in [0.3, 0.4) is 0 Å². The largest absolute Gasteiger partial charge is 0.352 e. The smallest absolute Gasteiger partial charge is 0.282 e. The van der Waals surface area contributed by atoms with Gasteiger partial charge >= 0.3 is 0 Å². The maximum Gasteiger partial charge on any atom is 0.282 e. The highest BCUT2D eigenvalue weighted by atomic mass is 32.2.